The highest BCUT2D eigenvalue weighted by Gasteiger charge is 2.61. The van der Waals surface area contributed by atoms with Crippen molar-refractivity contribution in [3.63, 3.8) is 0 Å². The third-order valence-electron chi connectivity index (χ3n) is 12.6. The number of carbonyl (C=O) groups is 2. The number of carbonyl (C=O) groups excluding carboxylic acids is 2. The Bertz CT molecular complexity index is 1240. The van der Waals surface area contributed by atoms with Crippen LogP contribution in [0.1, 0.15) is 65.7 Å². The summed E-state index contributed by atoms with van der Waals surface area (Å²) in [6.07, 6.45) is 4.76. The molecule has 5 unspecified atom stereocenters. The zero-order valence-electron chi connectivity index (χ0n) is 25.9. The summed E-state index contributed by atoms with van der Waals surface area (Å²) in [7, 11) is 0. The van der Waals surface area contributed by atoms with Crippen LogP contribution in [0.3, 0.4) is 0 Å². The van der Waals surface area contributed by atoms with Crippen LogP contribution in [0.2, 0.25) is 0 Å². The molecule has 6 aliphatic rings. The van der Waals surface area contributed by atoms with Crippen LogP contribution in [-0.4, -0.2) is 93.9 Å². The lowest BCUT2D eigenvalue weighted by molar-refractivity contribution is -0.299. The van der Waals surface area contributed by atoms with E-state index in [1.54, 1.807) is 6.08 Å². The average Bonchev–Trinajstić information content (AvgIpc) is 3.34. The van der Waals surface area contributed by atoms with Crippen LogP contribution >= 0.6 is 0 Å². The van der Waals surface area contributed by atoms with Gasteiger partial charge >= 0.3 is 5.97 Å². The van der Waals surface area contributed by atoms with Crippen molar-refractivity contribution < 1.29 is 49.3 Å². The molecule has 0 radical (unpaired) electrons. The second-order valence-electron chi connectivity index (χ2n) is 14.5. The molecular formula is C34H48O10. The smallest absolute Gasteiger partial charge is 0.336 e. The molecule has 244 valence electrons. The van der Waals surface area contributed by atoms with Gasteiger partial charge in [0.25, 0.3) is 0 Å². The van der Waals surface area contributed by atoms with Crippen molar-refractivity contribution in [3.05, 3.63) is 34.9 Å². The van der Waals surface area contributed by atoms with Gasteiger partial charge in [0.1, 0.15) is 30.5 Å². The van der Waals surface area contributed by atoms with Crippen LogP contribution < -0.4 is 0 Å². The van der Waals surface area contributed by atoms with Crippen LogP contribution in [0.25, 0.3) is 0 Å². The van der Waals surface area contributed by atoms with Crippen molar-refractivity contribution in [2.75, 3.05) is 19.8 Å². The van der Waals surface area contributed by atoms with Crippen molar-refractivity contribution in [1.29, 1.82) is 0 Å². The molecule has 6 rings (SSSR count). The largest absolute Gasteiger partial charge is 0.458 e. The van der Waals surface area contributed by atoms with Gasteiger partial charge in [0.15, 0.2) is 12.1 Å². The van der Waals surface area contributed by atoms with E-state index in [1.165, 1.54) is 5.57 Å². The molecular weight excluding hydrogens is 568 g/mol. The van der Waals surface area contributed by atoms with Gasteiger partial charge in [-0.25, -0.2) is 4.79 Å². The molecule has 0 aromatic carbocycles. The van der Waals surface area contributed by atoms with Crippen molar-refractivity contribution >= 4 is 11.8 Å². The first-order chi connectivity index (χ1) is 20.9. The van der Waals surface area contributed by atoms with Gasteiger partial charge in [0.05, 0.1) is 24.2 Å². The molecule has 4 aliphatic carbocycles. The first-order valence-electron chi connectivity index (χ1n) is 16.3. The number of ketones is 1. The molecule has 44 heavy (non-hydrogen) atoms. The second kappa shape index (κ2) is 12.0. The van der Waals surface area contributed by atoms with Gasteiger partial charge in [0.2, 0.25) is 0 Å². The number of aliphatic hydroxyl groups excluding tert-OH is 5. The minimum absolute atomic E-state index is 0.0274. The number of hydrogen-bond donors (Lipinski definition) is 5. The molecule has 1 saturated heterocycles. The monoisotopic (exact) mass is 616 g/mol. The molecule has 2 saturated carbocycles. The van der Waals surface area contributed by atoms with Crippen LogP contribution in [0.4, 0.5) is 0 Å². The molecule has 13 atom stereocenters. The summed E-state index contributed by atoms with van der Waals surface area (Å²) in [6.45, 7) is 5.44. The Labute approximate surface area is 258 Å². The fourth-order valence-electron chi connectivity index (χ4n) is 10.1. The minimum Gasteiger partial charge on any atom is -0.458 e. The van der Waals surface area contributed by atoms with Crippen molar-refractivity contribution in [3.8, 4) is 0 Å². The first-order valence-corrected chi connectivity index (χ1v) is 16.3. The summed E-state index contributed by atoms with van der Waals surface area (Å²) in [6, 6.07) is 0. The van der Waals surface area contributed by atoms with Crippen molar-refractivity contribution in [1.82, 2.24) is 0 Å². The molecule has 5 N–H and O–H groups in total. The number of hydrogen-bond acceptors (Lipinski definition) is 10. The maximum Gasteiger partial charge on any atom is 0.336 e. The van der Waals surface area contributed by atoms with Crippen molar-refractivity contribution in [2.45, 2.75) is 103 Å². The maximum absolute atomic E-state index is 13.3. The van der Waals surface area contributed by atoms with E-state index in [4.69, 9.17) is 14.2 Å². The number of fused-ring (bicyclic) bond motifs is 5. The van der Waals surface area contributed by atoms with Crippen LogP contribution in [-0.2, 0) is 23.8 Å². The summed E-state index contributed by atoms with van der Waals surface area (Å²) in [5.74, 6) is 0.823. The van der Waals surface area contributed by atoms with Crippen LogP contribution in [0.5, 0.6) is 0 Å². The number of aliphatic hydroxyl groups is 5. The highest BCUT2D eigenvalue weighted by atomic mass is 16.7. The van der Waals surface area contributed by atoms with Gasteiger partial charge in [-0.3, -0.25) is 4.79 Å². The van der Waals surface area contributed by atoms with Gasteiger partial charge in [-0.1, -0.05) is 30.2 Å². The highest BCUT2D eigenvalue weighted by molar-refractivity contribution is 5.98. The predicted molar refractivity (Wildman–Crippen MR) is 158 cm³/mol. The fraction of sp³-hybridized carbons (Fsp3) is 0.765. The van der Waals surface area contributed by atoms with E-state index in [1.807, 2.05) is 13.0 Å². The zero-order chi connectivity index (χ0) is 31.6. The van der Waals surface area contributed by atoms with Gasteiger partial charge in [-0.05, 0) is 87.5 Å². The van der Waals surface area contributed by atoms with E-state index in [-0.39, 0.29) is 41.8 Å². The zero-order valence-corrected chi connectivity index (χ0v) is 25.9. The number of allylic oxidation sites excluding steroid dienone is 4. The predicted octanol–water partition coefficient (Wildman–Crippen LogP) is 1.97. The Morgan fingerprint density at radius 1 is 1.05 bits per heavy atom. The van der Waals surface area contributed by atoms with E-state index >= 15 is 0 Å². The molecule has 10 heteroatoms. The molecule has 0 amide bonds. The van der Waals surface area contributed by atoms with Gasteiger partial charge < -0.3 is 39.7 Å². The third kappa shape index (κ3) is 4.96. The summed E-state index contributed by atoms with van der Waals surface area (Å²) in [4.78, 5) is 26.5. The Morgan fingerprint density at radius 3 is 2.52 bits per heavy atom. The average molecular weight is 617 g/mol. The molecule has 2 aliphatic heterocycles. The van der Waals surface area contributed by atoms with Crippen LogP contribution in [0, 0.1) is 40.4 Å². The van der Waals surface area contributed by atoms with Crippen molar-refractivity contribution in [2.24, 2.45) is 40.4 Å². The Balaban J connectivity index is 1.15. The number of cyclic esters (lactones) is 1. The van der Waals surface area contributed by atoms with Crippen LogP contribution in [0.15, 0.2) is 34.9 Å². The standard InChI is InChI=1S/C34H48O10/c1-17-13-25(43-31(41)21(17)16-42-32-30(40)29(39)28(38)26(15-36)44-32)20(14-35)23-10-9-22-19-8-7-18-5-4-6-27(37)34(18,3)24(19)11-12-33(22,23)2/h4,6-7,19-20,22-26,28-30,32,35-36,38-40H,5,8-16H2,1-3H3/t19?,20-,22?,23?,24?,25?,26+,28-,29-,30+,32-,33-,34-/m0/s1. The lowest BCUT2D eigenvalue weighted by atomic mass is 9.47. The van der Waals surface area contributed by atoms with Gasteiger partial charge in [-0.2, -0.15) is 0 Å². The molecule has 3 fully saturated rings. The molecule has 0 aromatic heterocycles. The first kappa shape index (κ1) is 32.0. The Morgan fingerprint density at radius 2 is 1.82 bits per heavy atom. The fourth-order valence-corrected chi connectivity index (χ4v) is 10.1. The van der Waals surface area contributed by atoms with E-state index in [9.17, 15) is 35.1 Å². The number of esters is 1. The highest BCUT2D eigenvalue weighted by Crippen LogP contribution is 2.66. The lowest BCUT2D eigenvalue weighted by Crippen LogP contribution is -2.59. The summed E-state index contributed by atoms with van der Waals surface area (Å²) in [5, 5.41) is 50.6. The quantitative estimate of drug-likeness (QED) is 0.211. The topological polar surface area (TPSA) is 163 Å². The van der Waals surface area contributed by atoms with E-state index in [0.717, 1.165) is 44.1 Å². The SMILES string of the molecule is CC1=C(CO[C@H]2O[C@H](CO)[C@H](O)[C@H](O)[C@H]2O)C(=O)OC([C@@H](CO)C2CCC3C4CC=C5CC=CC(=O)[C@]5(C)C4CC[C@@]32C)C1. The molecule has 0 bridgehead atoms. The normalized spacial score (nSPS) is 46.1. The number of rotatable bonds is 7. The summed E-state index contributed by atoms with van der Waals surface area (Å²) >= 11 is 0. The van der Waals surface area contributed by atoms with Gasteiger partial charge in [0, 0.05) is 18.9 Å². The minimum atomic E-state index is -1.57. The molecule has 2 heterocycles. The summed E-state index contributed by atoms with van der Waals surface area (Å²) in [5.41, 5.74) is 1.89. The molecule has 10 nitrogen and oxygen atoms in total. The summed E-state index contributed by atoms with van der Waals surface area (Å²) < 4.78 is 17.0. The maximum atomic E-state index is 13.3. The number of ether oxygens (including phenoxy) is 3. The second-order valence-corrected chi connectivity index (χ2v) is 14.5. The van der Waals surface area contributed by atoms with E-state index in [2.05, 4.69) is 19.9 Å². The van der Waals surface area contributed by atoms with E-state index in [0.29, 0.717) is 24.2 Å². The molecule has 0 spiro atoms. The lowest BCUT2D eigenvalue weighted by Gasteiger charge is -2.57. The van der Waals surface area contributed by atoms with Gasteiger partial charge in [-0.15, -0.1) is 0 Å². The molecule has 0 aromatic rings. The van der Waals surface area contributed by atoms with E-state index < -0.39 is 54.8 Å². The Hall–Kier alpha value is -1.92. The third-order valence-corrected chi connectivity index (χ3v) is 12.6. The Kier molecular flexibility index (Phi) is 8.76.